The van der Waals surface area contributed by atoms with E-state index in [4.69, 9.17) is 32.7 Å². The summed E-state index contributed by atoms with van der Waals surface area (Å²) in [6.07, 6.45) is 1.41. The molecule has 0 aliphatic rings. The van der Waals surface area contributed by atoms with Crippen molar-refractivity contribution in [2.75, 3.05) is 18.0 Å². The minimum Gasteiger partial charge on any atom is -0.493 e. The lowest BCUT2D eigenvalue weighted by Gasteiger charge is -2.23. The standard InChI is InChI=1S/C30H26BrCl2N3O5S/c1-20-8-11-23(12-9-20)36(42(38,39)24-6-4-3-5-7-24)18-29(37)35-34-17-22-14-25(31)30(28(16-22)40-2)41-19-21-10-13-26(32)27(33)15-21/h3-17H,18-19H2,1-2H3,(H,35,37)/b34-17-. The molecule has 0 bridgehead atoms. The molecule has 218 valence electrons. The van der Waals surface area contributed by atoms with Gasteiger partial charge in [-0.05, 0) is 82.5 Å². The first-order chi connectivity index (χ1) is 20.1. The molecule has 4 aromatic carbocycles. The lowest BCUT2D eigenvalue weighted by Crippen LogP contribution is -2.39. The lowest BCUT2D eigenvalue weighted by molar-refractivity contribution is -0.119. The van der Waals surface area contributed by atoms with Crippen LogP contribution in [0.4, 0.5) is 5.69 Å². The van der Waals surface area contributed by atoms with Gasteiger partial charge in [-0.25, -0.2) is 13.8 Å². The average molecular weight is 691 g/mol. The van der Waals surface area contributed by atoms with Gasteiger partial charge in [-0.3, -0.25) is 9.10 Å². The van der Waals surface area contributed by atoms with E-state index >= 15 is 0 Å². The summed E-state index contributed by atoms with van der Waals surface area (Å²) in [7, 11) is -2.52. The van der Waals surface area contributed by atoms with Gasteiger partial charge in [-0.1, -0.05) is 65.2 Å². The Kier molecular flexibility index (Phi) is 10.5. The van der Waals surface area contributed by atoms with Crippen LogP contribution in [0.2, 0.25) is 10.0 Å². The number of nitrogens with one attached hydrogen (secondary N) is 1. The fourth-order valence-corrected chi connectivity index (χ4v) is 6.17. The van der Waals surface area contributed by atoms with Crippen LogP contribution >= 0.6 is 39.1 Å². The van der Waals surface area contributed by atoms with Crippen LogP contribution in [0.5, 0.6) is 11.5 Å². The van der Waals surface area contributed by atoms with E-state index in [1.165, 1.54) is 25.5 Å². The second-order valence-electron chi connectivity index (χ2n) is 9.02. The minimum absolute atomic E-state index is 0.0697. The highest BCUT2D eigenvalue weighted by Crippen LogP contribution is 2.37. The molecule has 0 aliphatic heterocycles. The summed E-state index contributed by atoms with van der Waals surface area (Å²) < 4.78 is 39.9. The number of aryl methyl sites for hydroxylation is 1. The Morgan fingerprint density at radius 2 is 1.71 bits per heavy atom. The third-order valence-corrected chi connectivity index (χ3v) is 9.08. The highest BCUT2D eigenvalue weighted by Gasteiger charge is 2.27. The zero-order chi connectivity index (χ0) is 30.3. The highest BCUT2D eigenvalue weighted by molar-refractivity contribution is 9.10. The van der Waals surface area contributed by atoms with Crippen LogP contribution < -0.4 is 19.2 Å². The minimum atomic E-state index is -4.02. The molecular weight excluding hydrogens is 665 g/mol. The van der Waals surface area contributed by atoms with Gasteiger partial charge in [0.15, 0.2) is 11.5 Å². The normalized spacial score (nSPS) is 11.4. The predicted molar refractivity (Wildman–Crippen MR) is 169 cm³/mol. The van der Waals surface area contributed by atoms with Gasteiger partial charge in [0, 0.05) is 0 Å². The summed E-state index contributed by atoms with van der Waals surface area (Å²) >= 11 is 15.6. The topological polar surface area (TPSA) is 97.3 Å². The number of carbonyl (C=O) groups excluding carboxylic acids is 1. The van der Waals surface area contributed by atoms with Crippen LogP contribution in [0.15, 0.2) is 99.4 Å². The molecule has 12 heteroatoms. The first kappa shape index (κ1) is 31.4. The number of amides is 1. The second kappa shape index (κ2) is 14.1. The first-order valence-corrected chi connectivity index (χ1v) is 15.5. The molecular formula is C30H26BrCl2N3O5S. The third-order valence-electron chi connectivity index (χ3n) is 5.96. The van der Waals surface area contributed by atoms with Crippen molar-refractivity contribution in [3.05, 3.63) is 116 Å². The average Bonchev–Trinajstić information content (AvgIpc) is 2.97. The maximum Gasteiger partial charge on any atom is 0.264 e. The van der Waals surface area contributed by atoms with Crippen LogP contribution in [0.25, 0.3) is 0 Å². The molecule has 0 saturated carbocycles. The van der Waals surface area contributed by atoms with E-state index in [0.29, 0.717) is 37.3 Å². The molecule has 0 aromatic heterocycles. The number of ether oxygens (including phenoxy) is 2. The number of halogens is 3. The Morgan fingerprint density at radius 1 is 1.00 bits per heavy atom. The Morgan fingerprint density at radius 3 is 2.38 bits per heavy atom. The van der Waals surface area contributed by atoms with E-state index in [2.05, 4.69) is 26.5 Å². The molecule has 0 saturated heterocycles. The lowest BCUT2D eigenvalue weighted by atomic mass is 10.2. The molecule has 1 N–H and O–H groups in total. The molecule has 4 aromatic rings. The molecule has 0 aliphatic carbocycles. The molecule has 0 atom stereocenters. The van der Waals surface area contributed by atoms with Crippen molar-refractivity contribution in [3.63, 3.8) is 0 Å². The fraction of sp³-hybridized carbons (Fsp3) is 0.133. The summed E-state index contributed by atoms with van der Waals surface area (Å²) in [5, 5.41) is 4.91. The molecule has 1 amide bonds. The fourth-order valence-electron chi connectivity index (χ4n) is 3.83. The first-order valence-electron chi connectivity index (χ1n) is 12.5. The van der Waals surface area contributed by atoms with Crippen molar-refractivity contribution in [2.45, 2.75) is 18.4 Å². The molecule has 0 radical (unpaired) electrons. The highest BCUT2D eigenvalue weighted by atomic mass is 79.9. The molecule has 0 fully saturated rings. The molecule has 0 heterocycles. The van der Waals surface area contributed by atoms with Crippen LogP contribution in [-0.4, -0.2) is 34.2 Å². The van der Waals surface area contributed by atoms with E-state index in [9.17, 15) is 13.2 Å². The zero-order valence-electron chi connectivity index (χ0n) is 22.6. The summed E-state index contributed by atoms with van der Waals surface area (Å²) in [5.41, 5.74) is 5.13. The van der Waals surface area contributed by atoms with Gasteiger partial charge in [0.2, 0.25) is 0 Å². The molecule has 0 unspecified atom stereocenters. The van der Waals surface area contributed by atoms with Gasteiger partial charge in [0.25, 0.3) is 15.9 Å². The Hall–Kier alpha value is -3.57. The number of carbonyl (C=O) groups is 1. The summed E-state index contributed by atoms with van der Waals surface area (Å²) in [6, 6.07) is 23.4. The zero-order valence-corrected chi connectivity index (χ0v) is 26.5. The van der Waals surface area contributed by atoms with Crippen molar-refractivity contribution in [2.24, 2.45) is 5.10 Å². The summed E-state index contributed by atoms with van der Waals surface area (Å²) in [6.45, 7) is 1.63. The molecule has 4 rings (SSSR count). The number of nitrogens with zero attached hydrogens (tertiary/aromatic N) is 2. The largest absolute Gasteiger partial charge is 0.493 e. The van der Waals surface area contributed by atoms with E-state index in [1.807, 2.05) is 13.0 Å². The Labute approximate surface area is 263 Å². The maximum atomic E-state index is 13.4. The van der Waals surface area contributed by atoms with E-state index in [0.717, 1.165) is 15.4 Å². The summed E-state index contributed by atoms with van der Waals surface area (Å²) in [5.74, 6) is 0.264. The van der Waals surface area contributed by atoms with Crippen LogP contribution in [0.1, 0.15) is 16.7 Å². The number of hydrogen-bond acceptors (Lipinski definition) is 6. The molecule has 8 nitrogen and oxygen atoms in total. The summed E-state index contributed by atoms with van der Waals surface area (Å²) in [4.78, 5) is 12.9. The number of benzene rings is 4. The number of hydrazone groups is 1. The van der Waals surface area contributed by atoms with Gasteiger partial charge in [-0.15, -0.1) is 0 Å². The monoisotopic (exact) mass is 689 g/mol. The van der Waals surface area contributed by atoms with Crippen LogP contribution in [0.3, 0.4) is 0 Å². The van der Waals surface area contributed by atoms with Gasteiger partial charge >= 0.3 is 0 Å². The van der Waals surface area contributed by atoms with Gasteiger partial charge in [0.05, 0.1) is 38.4 Å². The predicted octanol–water partition coefficient (Wildman–Crippen LogP) is 7.00. The van der Waals surface area contributed by atoms with Crippen molar-refractivity contribution in [3.8, 4) is 11.5 Å². The van der Waals surface area contributed by atoms with Gasteiger partial charge in [0.1, 0.15) is 13.2 Å². The molecule has 0 spiro atoms. The van der Waals surface area contributed by atoms with E-state index in [1.54, 1.807) is 66.7 Å². The number of hydrogen-bond donors (Lipinski definition) is 1. The van der Waals surface area contributed by atoms with Crippen LogP contribution in [-0.2, 0) is 21.4 Å². The Bertz CT molecular complexity index is 1700. The van der Waals surface area contributed by atoms with E-state index in [-0.39, 0.29) is 11.5 Å². The third kappa shape index (κ3) is 7.83. The van der Waals surface area contributed by atoms with Crippen molar-refractivity contribution >= 4 is 67.0 Å². The number of anilines is 1. The van der Waals surface area contributed by atoms with E-state index < -0.39 is 22.5 Å². The van der Waals surface area contributed by atoms with Crippen LogP contribution in [0, 0.1) is 6.92 Å². The van der Waals surface area contributed by atoms with Gasteiger partial charge in [-0.2, -0.15) is 5.10 Å². The second-order valence-corrected chi connectivity index (χ2v) is 12.6. The van der Waals surface area contributed by atoms with Crippen molar-refractivity contribution < 1.29 is 22.7 Å². The number of rotatable bonds is 11. The smallest absolute Gasteiger partial charge is 0.264 e. The SMILES string of the molecule is COc1cc(/C=N\NC(=O)CN(c2ccc(C)cc2)S(=O)(=O)c2ccccc2)cc(Br)c1OCc1ccc(Cl)c(Cl)c1. The maximum absolute atomic E-state index is 13.4. The van der Waals surface area contributed by atoms with Gasteiger partial charge < -0.3 is 9.47 Å². The number of methoxy groups -OCH3 is 1. The quantitative estimate of drug-likeness (QED) is 0.135. The van der Waals surface area contributed by atoms with Crippen molar-refractivity contribution in [1.29, 1.82) is 0 Å². The van der Waals surface area contributed by atoms with Crippen molar-refractivity contribution in [1.82, 2.24) is 5.43 Å². The Balaban J connectivity index is 1.47. The number of sulfonamides is 1. The molecule has 42 heavy (non-hydrogen) atoms.